The summed E-state index contributed by atoms with van der Waals surface area (Å²) in [5.41, 5.74) is 2.13. The van der Waals surface area contributed by atoms with Crippen molar-refractivity contribution in [3.63, 3.8) is 0 Å². The fourth-order valence-corrected chi connectivity index (χ4v) is 2.21. The molecular formula is C16H18N2O3. The van der Waals surface area contributed by atoms with Crippen molar-refractivity contribution in [1.82, 2.24) is 10.3 Å². The first-order valence-corrected chi connectivity index (χ1v) is 7.04. The highest BCUT2D eigenvalue weighted by Crippen LogP contribution is 2.30. The molecule has 2 aromatic rings. The molecule has 21 heavy (non-hydrogen) atoms. The van der Waals surface area contributed by atoms with Gasteiger partial charge >= 0.3 is 0 Å². The third-order valence-electron chi connectivity index (χ3n) is 3.31. The Morgan fingerprint density at radius 2 is 1.95 bits per heavy atom. The van der Waals surface area contributed by atoms with E-state index in [1.165, 1.54) is 11.8 Å². The van der Waals surface area contributed by atoms with Crippen LogP contribution in [0.25, 0.3) is 0 Å². The standard InChI is InChI=1S/C16H18N2O3/c19-14-3-2-13(18-11-14)10-17-6-5-12-1-4-15-16(9-12)21-8-7-20-15/h1-4,9,11,17,19H,5-8,10H2. The Balaban J connectivity index is 1.48. The van der Waals surface area contributed by atoms with Crippen molar-refractivity contribution in [2.24, 2.45) is 0 Å². The van der Waals surface area contributed by atoms with Gasteiger partial charge in [0.25, 0.3) is 0 Å². The van der Waals surface area contributed by atoms with E-state index in [1.807, 2.05) is 18.2 Å². The molecule has 1 aliphatic heterocycles. The maximum absolute atomic E-state index is 9.17. The molecule has 0 aliphatic carbocycles. The van der Waals surface area contributed by atoms with E-state index in [-0.39, 0.29) is 5.75 Å². The number of benzene rings is 1. The first kappa shape index (κ1) is 13.7. The highest BCUT2D eigenvalue weighted by atomic mass is 16.6. The summed E-state index contributed by atoms with van der Waals surface area (Å²) in [6.45, 7) is 2.77. The molecule has 2 heterocycles. The van der Waals surface area contributed by atoms with Crippen molar-refractivity contribution in [3.8, 4) is 17.2 Å². The van der Waals surface area contributed by atoms with Crippen LogP contribution in [0.4, 0.5) is 0 Å². The van der Waals surface area contributed by atoms with E-state index in [4.69, 9.17) is 14.6 Å². The molecule has 0 fully saturated rings. The van der Waals surface area contributed by atoms with Gasteiger partial charge in [0.1, 0.15) is 19.0 Å². The molecule has 0 unspecified atom stereocenters. The van der Waals surface area contributed by atoms with Gasteiger partial charge < -0.3 is 19.9 Å². The Morgan fingerprint density at radius 1 is 1.10 bits per heavy atom. The minimum Gasteiger partial charge on any atom is -0.506 e. The summed E-state index contributed by atoms with van der Waals surface area (Å²) in [6.07, 6.45) is 2.37. The van der Waals surface area contributed by atoms with Crippen LogP contribution < -0.4 is 14.8 Å². The van der Waals surface area contributed by atoms with Gasteiger partial charge in [-0.05, 0) is 42.8 Å². The number of nitrogens with one attached hydrogen (secondary N) is 1. The summed E-state index contributed by atoms with van der Waals surface area (Å²) < 4.78 is 11.1. The molecule has 1 aromatic heterocycles. The van der Waals surface area contributed by atoms with Crippen molar-refractivity contribution in [2.45, 2.75) is 13.0 Å². The number of aromatic nitrogens is 1. The number of hydrogen-bond donors (Lipinski definition) is 2. The van der Waals surface area contributed by atoms with Crippen LogP contribution in [0.3, 0.4) is 0 Å². The number of aromatic hydroxyl groups is 1. The SMILES string of the molecule is Oc1ccc(CNCCc2ccc3c(c2)OCCO3)nc1. The molecule has 5 nitrogen and oxygen atoms in total. The molecule has 0 atom stereocenters. The molecular weight excluding hydrogens is 268 g/mol. The smallest absolute Gasteiger partial charge is 0.161 e. The van der Waals surface area contributed by atoms with Gasteiger partial charge in [0.15, 0.2) is 11.5 Å². The average molecular weight is 286 g/mol. The number of fused-ring (bicyclic) bond motifs is 1. The molecule has 1 aliphatic rings. The number of hydrogen-bond acceptors (Lipinski definition) is 5. The van der Waals surface area contributed by atoms with E-state index < -0.39 is 0 Å². The largest absolute Gasteiger partial charge is 0.506 e. The first-order chi connectivity index (χ1) is 10.3. The zero-order chi connectivity index (χ0) is 14.5. The van der Waals surface area contributed by atoms with Crippen LogP contribution in [0.2, 0.25) is 0 Å². The van der Waals surface area contributed by atoms with Crippen LogP contribution in [0.15, 0.2) is 36.5 Å². The number of nitrogens with zero attached hydrogens (tertiary/aromatic N) is 1. The van der Waals surface area contributed by atoms with Crippen molar-refractivity contribution in [3.05, 3.63) is 47.8 Å². The van der Waals surface area contributed by atoms with E-state index >= 15 is 0 Å². The summed E-state index contributed by atoms with van der Waals surface area (Å²) in [4.78, 5) is 4.13. The molecule has 0 saturated heterocycles. The normalized spacial score (nSPS) is 13.1. The summed E-state index contributed by atoms with van der Waals surface area (Å²) in [6, 6.07) is 9.52. The van der Waals surface area contributed by atoms with Crippen molar-refractivity contribution in [1.29, 1.82) is 0 Å². The van der Waals surface area contributed by atoms with Gasteiger partial charge in [-0.1, -0.05) is 6.07 Å². The second-order valence-corrected chi connectivity index (χ2v) is 4.91. The second-order valence-electron chi connectivity index (χ2n) is 4.91. The Morgan fingerprint density at radius 3 is 2.76 bits per heavy atom. The monoisotopic (exact) mass is 286 g/mol. The predicted octanol–water partition coefficient (Wildman–Crippen LogP) is 1.89. The second kappa shape index (κ2) is 6.45. The minimum absolute atomic E-state index is 0.190. The summed E-state index contributed by atoms with van der Waals surface area (Å²) >= 11 is 0. The average Bonchev–Trinajstić information content (AvgIpc) is 2.53. The van der Waals surface area contributed by atoms with Crippen LogP contribution in [-0.2, 0) is 13.0 Å². The molecule has 3 rings (SSSR count). The lowest BCUT2D eigenvalue weighted by Crippen LogP contribution is -2.18. The van der Waals surface area contributed by atoms with Gasteiger partial charge in [0, 0.05) is 6.54 Å². The Kier molecular flexibility index (Phi) is 4.21. The number of pyridine rings is 1. The Hall–Kier alpha value is -2.27. The van der Waals surface area contributed by atoms with Crippen LogP contribution in [0.1, 0.15) is 11.3 Å². The van der Waals surface area contributed by atoms with Crippen LogP contribution in [0, 0.1) is 0 Å². The van der Waals surface area contributed by atoms with Crippen LogP contribution in [0.5, 0.6) is 17.2 Å². The molecule has 2 N–H and O–H groups in total. The first-order valence-electron chi connectivity index (χ1n) is 7.04. The fourth-order valence-electron chi connectivity index (χ4n) is 2.21. The Labute approximate surface area is 123 Å². The van der Waals surface area contributed by atoms with E-state index in [1.54, 1.807) is 6.07 Å². The summed E-state index contributed by atoms with van der Waals surface area (Å²) in [5.74, 6) is 1.85. The van der Waals surface area contributed by atoms with Crippen molar-refractivity contribution in [2.75, 3.05) is 19.8 Å². The lowest BCUT2D eigenvalue weighted by atomic mass is 10.1. The molecule has 1 aromatic carbocycles. The lowest BCUT2D eigenvalue weighted by molar-refractivity contribution is 0.171. The maximum Gasteiger partial charge on any atom is 0.161 e. The van der Waals surface area contributed by atoms with Gasteiger partial charge in [-0.3, -0.25) is 4.98 Å². The Bertz CT molecular complexity index is 599. The predicted molar refractivity (Wildman–Crippen MR) is 78.7 cm³/mol. The lowest BCUT2D eigenvalue weighted by Gasteiger charge is -2.18. The fraction of sp³-hybridized carbons (Fsp3) is 0.312. The van der Waals surface area contributed by atoms with E-state index in [2.05, 4.69) is 16.4 Å². The van der Waals surface area contributed by atoms with E-state index in [0.717, 1.165) is 30.2 Å². The van der Waals surface area contributed by atoms with Crippen molar-refractivity contribution >= 4 is 0 Å². The maximum atomic E-state index is 9.17. The molecule has 0 saturated carbocycles. The van der Waals surface area contributed by atoms with Crippen LogP contribution >= 0.6 is 0 Å². The van der Waals surface area contributed by atoms with Gasteiger partial charge in [0.05, 0.1) is 11.9 Å². The quantitative estimate of drug-likeness (QED) is 0.822. The highest BCUT2D eigenvalue weighted by Gasteiger charge is 2.11. The molecule has 5 heteroatoms. The van der Waals surface area contributed by atoms with Gasteiger partial charge in [-0.25, -0.2) is 0 Å². The highest BCUT2D eigenvalue weighted by molar-refractivity contribution is 5.43. The third-order valence-corrected chi connectivity index (χ3v) is 3.31. The van der Waals surface area contributed by atoms with E-state index in [0.29, 0.717) is 19.8 Å². The van der Waals surface area contributed by atoms with Crippen molar-refractivity contribution < 1.29 is 14.6 Å². The third kappa shape index (κ3) is 3.64. The minimum atomic E-state index is 0.190. The number of ether oxygens (including phenoxy) is 2. The zero-order valence-corrected chi connectivity index (χ0v) is 11.7. The molecule has 0 amide bonds. The number of rotatable bonds is 5. The molecule has 0 bridgehead atoms. The van der Waals surface area contributed by atoms with E-state index in [9.17, 15) is 0 Å². The molecule has 0 radical (unpaired) electrons. The summed E-state index contributed by atoms with van der Waals surface area (Å²) in [7, 11) is 0. The molecule has 0 spiro atoms. The molecule has 110 valence electrons. The topological polar surface area (TPSA) is 63.6 Å². The van der Waals surface area contributed by atoms with Gasteiger partial charge in [-0.2, -0.15) is 0 Å². The van der Waals surface area contributed by atoms with Gasteiger partial charge in [-0.15, -0.1) is 0 Å². The van der Waals surface area contributed by atoms with Crippen LogP contribution in [-0.4, -0.2) is 29.8 Å². The van der Waals surface area contributed by atoms with Gasteiger partial charge in [0.2, 0.25) is 0 Å². The summed E-state index contributed by atoms with van der Waals surface area (Å²) in [5, 5.41) is 12.5. The zero-order valence-electron chi connectivity index (χ0n) is 11.7.